The van der Waals surface area contributed by atoms with Crippen LogP contribution in [0.1, 0.15) is 401 Å². The number of carbonyl (C=O) groups excluding carboxylic acids is 4. The molecule has 0 fully saturated rings. The zero-order chi connectivity index (χ0) is 70.7. The molecule has 0 aliphatic carbocycles. The van der Waals surface area contributed by atoms with Crippen LogP contribution in [0.3, 0.4) is 0 Å². The number of aliphatic hydroxyl groups excluding tert-OH is 1. The van der Waals surface area contributed by atoms with Crippen molar-refractivity contribution in [1.82, 2.24) is 0 Å². The van der Waals surface area contributed by atoms with Gasteiger partial charge in [-0.1, -0.05) is 350 Å². The molecule has 0 saturated heterocycles. The maximum atomic E-state index is 13.1. The van der Waals surface area contributed by atoms with Crippen molar-refractivity contribution in [3.8, 4) is 0 Å². The predicted molar refractivity (Wildman–Crippen MR) is 391 cm³/mol. The number of carbonyl (C=O) groups is 4. The fourth-order valence-electron chi connectivity index (χ4n) is 11.8. The van der Waals surface area contributed by atoms with E-state index in [1.54, 1.807) is 0 Å². The van der Waals surface area contributed by atoms with Crippen molar-refractivity contribution in [2.45, 2.75) is 419 Å². The summed E-state index contributed by atoms with van der Waals surface area (Å²) in [6.45, 7) is 9.56. The van der Waals surface area contributed by atoms with Gasteiger partial charge in [0.05, 0.1) is 26.4 Å². The SMILES string of the molecule is CCCCCCCCCCCCCCCCCCCC(=O)O[C@H](COC(=O)CCCCCCCCCCCCCCCCCC)COP(=O)(O)OC[C@@H](O)COP(=O)(O)OC[C@@H](COC(=O)CCCCCCCCC(C)CC)OC(=O)CCCCCCCCCCCCC(C)C. The van der Waals surface area contributed by atoms with Crippen molar-refractivity contribution in [1.29, 1.82) is 0 Å². The first-order valence-corrected chi connectivity index (χ1v) is 43.0. The average molecular weight is 1410 g/mol. The van der Waals surface area contributed by atoms with Crippen molar-refractivity contribution in [2.75, 3.05) is 39.6 Å². The second-order valence-electron chi connectivity index (χ2n) is 28.5. The molecular formula is C77H150O17P2. The van der Waals surface area contributed by atoms with E-state index in [0.717, 1.165) is 108 Å². The van der Waals surface area contributed by atoms with E-state index in [0.29, 0.717) is 25.7 Å². The molecule has 17 nitrogen and oxygen atoms in total. The number of hydrogen-bond acceptors (Lipinski definition) is 15. The molecule has 0 heterocycles. The topological polar surface area (TPSA) is 237 Å². The van der Waals surface area contributed by atoms with Gasteiger partial charge in [0.15, 0.2) is 12.2 Å². The highest BCUT2D eigenvalue weighted by Gasteiger charge is 2.30. The van der Waals surface area contributed by atoms with Gasteiger partial charge in [0.2, 0.25) is 0 Å². The lowest BCUT2D eigenvalue weighted by Crippen LogP contribution is -2.30. The van der Waals surface area contributed by atoms with Crippen molar-refractivity contribution in [3.63, 3.8) is 0 Å². The second kappa shape index (κ2) is 68.8. The van der Waals surface area contributed by atoms with E-state index in [1.807, 2.05) is 0 Å². The quantitative estimate of drug-likeness (QED) is 0.0222. The third kappa shape index (κ3) is 69.2. The Labute approximate surface area is 588 Å². The second-order valence-corrected chi connectivity index (χ2v) is 31.4. The van der Waals surface area contributed by atoms with Gasteiger partial charge in [-0.25, -0.2) is 9.13 Å². The summed E-state index contributed by atoms with van der Waals surface area (Å²) in [7, 11) is -9.91. The molecular weight excluding hydrogens is 1260 g/mol. The fourth-order valence-corrected chi connectivity index (χ4v) is 13.4. The standard InChI is InChI=1S/C77H150O17P2/c1-7-10-12-14-16-18-20-22-24-26-28-30-32-37-41-49-55-61-76(81)93-72(65-87-74(79)59-53-47-40-36-31-29-27-25-23-21-19-17-15-13-11-8-2)67-91-95(83,84)89-63-71(78)64-90-96(85,86)92-68-73(66-88-75(80)60-54-48-44-43-46-52-58-70(6)9-3)94-77(82)62-56-50-42-38-34-33-35-39-45-51-57-69(4)5/h69-73,78H,7-68H2,1-6H3,(H,83,84)(H,85,86)/t70?,71-,72-,73-/m1/s1. The normalized spacial score (nSPS) is 14.3. The summed E-state index contributed by atoms with van der Waals surface area (Å²) in [5.74, 6) is -0.631. The Balaban J connectivity index is 5.25. The lowest BCUT2D eigenvalue weighted by atomic mass is 10.00. The lowest BCUT2D eigenvalue weighted by Gasteiger charge is -2.21. The van der Waals surface area contributed by atoms with Crippen molar-refractivity contribution in [2.24, 2.45) is 11.8 Å². The molecule has 0 spiro atoms. The van der Waals surface area contributed by atoms with Gasteiger partial charge < -0.3 is 33.8 Å². The molecule has 570 valence electrons. The highest BCUT2D eigenvalue weighted by molar-refractivity contribution is 7.47. The molecule has 19 heteroatoms. The van der Waals surface area contributed by atoms with E-state index in [1.165, 1.54) is 212 Å². The van der Waals surface area contributed by atoms with Crippen molar-refractivity contribution >= 4 is 39.5 Å². The smallest absolute Gasteiger partial charge is 0.462 e. The van der Waals surface area contributed by atoms with Gasteiger partial charge >= 0.3 is 39.5 Å². The number of unbranched alkanes of at least 4 members (excludes halogenated alkanes) is 45. The van der Waals surface area contributed by atoms with Gasteiger partial charge in [-0.15, -0.1) is 0 Å². The van der Waals surface area contributed by atoms with Crippen LogP contribution in [0.5, 0.6) is 0 Å². The van der Waals surface area contributed by atoms with Gasteiger partial charge in [-0.2, -0.15) is 0 Å². The van der Waals surface area contributed by atoms with Gasteiger partial charge in [0.1, 0.15) is 19.3 Å². The van der Waals surface area contributed by atoms with Gasteiger partial charge in [-0.05, 0) is 37.5 Å². The Morgan fingerprint density at radius 1 is 0.302 bits per heavy atom. The molecule has 0 aromatic carbocycles. The van der Waals surface area contributed by atoms with E-state index in [9.17, 15) is 43.2 Å². The van der Waals surface area contributed by atoms with Crippen LogP contribution >= 0.6 is 15.6 Å². The first-order valence-electron chi connectivity index (χ1n) is 40.0. The Hall–Kier alpha value is -1.94. The molecule has 0 bridgehead atoms. The fraction of sp³-hybridized carbons (Fsp3) is 0.948. The summed E-state index contributed by atoms with van der Waals surface area (Å²) in [6.07, 6.45) is 56.9. The van der Waals surface area contributed by atoms with Crippen molar-refractivity contribution < 1.29 is 80.2 Å². The lowest BCUT2D eigenvalue weighted by molar-refractivity contribution is -0.161. The van der Waals surface area contributed by atoms with Crippen LogP contribution in [0.15, 0.2) is 0 Å². The van der Waals surface area contributed by atoms with Gasteiger partial charge in [-0.3, -0.25) is 37.3 Å². The Kier molecular flexibility index (Phi) is 67.4. The first kappa shape index (κ1) is 94.1. The van der Waals surface area contributed by atoms with Crippen LogP contribution in [0.4, 0.5) is 0 Å². The molecule has 0 rings (SSSR count). The number of rotatable bonds is 76. The minimum absolute atomic E-state index is 0.105. The third-order valence-corrected chi connectivity index (χ3v) is 20.2. The van der Waals surface area contributed by atoms with Crippen LogP contribution in [0.2, 0.25) is 0 Å². The summed E-state index contributed by atoms with van der Waals surface area (Å²) >= 11 is 0. The van der Waals surface area contributed by atoms with E-state index < -0.39 is 97.5 Å². The number of ether oxygens (including phenoxy) is 4. The maximum absolute atomic E-state index is 13.1. The van der Waals surface area contributed by atoms with E-state index >= 15 is 0 Å². The number of phosphoric ester groups is 2. The van der Waals surface area contributed by atoms with Crippen molar-refractivity contribution in [3.05, 3.63) is 0 Å². The molecule has 0 aliphatic rings. The Bertz CT molecular complexity index is 1860. The summed E-state index contributed by atoms with van der Waals surface area (Å²) in [4.78, 5) is 72.9. The highest BCUT2D eigenvalue weighted by Crippen LogP contribution is 2.45. The zero-order valence-corrected chi connectivity index (χ0v) is 64.5. The molecule has 0 amide bonds. The van der Waals surface area contributed by atoms with Crippen LogP contribution in [0, 0.1) is 11.8 Å². The summed E-state index contributed by atoms with van der Waals surface area (Å²) < 4.78 is 68.6. The average Bonchev–Trinajstić information content (AvgIpc) is 1.62. The molecule has 3 N–H and O–H groups in total. The molecule has 6 atom stereocenters. The van der Waals surface area contributed by atoms with E-state index in [4.69, 9.17) is 37.0 Å². The summed E-state index contributed by atoms with van der Waals surface area (Å²) in [5, 5.41) is 10.6. The zero-order valence-electron chi connectivity index (χ0n) is 62.7. The maximum Gasteiger partial charge on any atom is 0.472 e. The van der Waals surface area contributed by atoms with Crippen LogP contribution < -0.4 is 0 Å². The minimum Gasteiger partial charge on any atom is -0.462 e. The monoisotopic (exact) mass is 1410 g/mol. The molecule has 3 unspecified atom stereocenters. The van der Waals surface area contributed by atoms with Crippen LogP contribution in [-0.2, 0) is 65.4 Å². The molecule has 96 heavy (non-hydrogen) atoms. The van der Waals surface area contributed by atoms with Gasteiger partial charge in [0, 0.05) is 25.7 Å². The molecule has 0 aliphatic heterocycles. The number of esters is 4. The molecule has 0 aromatic rings. The summed E-state index contributed by atoms with van der Waals surface area (Å²) in [6, 6.07) is 0. The number of aliphatic hydroxyl groups is 1. The van der Waals surface area contributed by atoms with E-state index in [-0.39, 0.29) is 25.7 Å². The predicted octanol–water partition coefficient (Wildman–Crippen LogP) is 22.7. The van der Waals surface area contributed by atoms with Crippen LogP contribution in [-0.4, -0.2) is 96.7 Å². The molecule has 0 aromatic heterocycles. The van der Waals surface area contributed by atoms with Crippen LogP contribution in [0.25, 0.3) is 0 Å². The highest BCUT2D eigenvalue weighted by atomic mass is 31.2. The summed E-state index contributed by atoms with van der Waals surface area (Å²) in [5.41, 5.74) is 0. The Morgan fingerprint density at radius 2 is 0.531 bits per heavy atom. The third-order valence-electron chi connectivity index (χ3n) is 18.3. The Morgan fingerprint density at radius 3 is 0.792 bits per heavy atom. The number of phosphoric acid groups is 2. The van der Waals surface area contributed by atoms with Gasteiger partial charge in [0.25, 0.3) is 0 Å². The minimum atomic E-state index is -4.96. The first-order chi connectivity index (χ1) is 46.4. The number of hydrogen-bond donors (Lipinski definition) is 3. The van der Waals surface area contributed by atoms with E-state index in [2.05, 4.69) is 41.5 Å². The largest absolute Gasteiger partial charge is 0.472 e. The molecule has 0 saturated carbocycles. The molecule has 0 radical (unpaired) electrons.